The molecule has 2 heterocycles. The van der Waals surface area contributed by atoms with Gasteiger partial charge in [-0.25, -0.2) is 0 Å². The second kappa shape index (κ2) is 7.33. The third-order valence-corrected chi connectivity index (χ3v) is 6.89. The number of rotatable bonds is 2. The Morgan fingerprint density at radius 1 is 1.19 bits per heavy atom. The lowest BCUT2D eigenvalue weighted by atomic mass is 9.78. The first-order valence-electron chi connectivity index (χ1n) is 9.96. The van der Waals surface area contributed by atoms with E-state index >= 15 is 0 Å². The third-order valence-electron chi connectivity index (χ3n) is 6.65. The highest BCUT2D eigenvalue weighted by molar-refractivity contribution is 6.30. The van der Waals surface area contributed by atoms with Crippen molar-refractivity contribution >= 4 is 23.2 Å². The third kappa shape index (κ3) is 3.41. The number of amides is 1. The van der Waals surface area contributed by atoms with Crippen molar-refractivity contribution in [1.29, 1.82) is 5.26 Å². The molecule has 1 N–H and O–H groups in total. The van der Waals surface area contributed by atoms with E-state index in [9.17, 15) is 15.2 Å². The first kappa shape index (κ1) is 18.6. The first-order chi connectivity index (χ1) is 13.0. The normalized spacial score (nSPS) is 31.4. The van der Waals surface area contributed by atoms with Gasteiger partial charge in [0, 0.05) is 30.7 Å². The maximum atomic E-state index is 13.4. The van der Waals surface area contributed by atoms with Gasteiger partial charge in [0.15, 0.2) is 0 Å². The number of aliphatic hydroxyl groups is 1. The number of anilines is 1. The summed E-state index contributed by atoms with van der Waals surface area (Å²) in [6.45, 7) is 2.32. The molecule has 2 aliphatic heterocycles. The number of aliphatic hydroxyl groups excluding tert-OH is 1. The number of hydrogen-bond donors (Lipinski definition) is 1. The monoisotopic (exact) mass is 387 g/mol. The molecule has 6 heteroatoms. The average Bonchev–Trinajstić information content (AvgIpc) is 2.98. The van der Waals surface area contributed by atoms with Crippen molar-refractivity contribution in [1.82, 2.24) is 4.90 Å². The molecular formula is C21H26ClN3O2. The molecule has 144 valence electrons. The van der Waals surface area contributed by atoms with Crippen LogP contribution in [0.15, 0.2) is 18.2 Å². The Morgan fingerprint density at radius 3 is 2.70 bits per heavy atom. The van der Waals surface area contributed by atoms with Crippen molar-refractivity contribution in [2.24, 2.45) is 5.41 Å². The summed E-state index contributed by atoms with van der Waals surface area (Å²) in [4.78, 5) is 17.7. The van der Waals surface area contributed by atoms with Crippen LogP contribution in [0.25, 0.3) is 0 Å². The van der Waals surface area contributed by atoms with Gasteiger partial charge in [0.1, 0.15) is 6.07 Å². The van der Waals surface area contributed by atoms with Crippen LogP contribution >= 0.6 is 11.6 Å². The van der Waals surface area contributed by atoms with Crippen molar-refractivity contribution in [2.75, 3.05) is 24.5 Å². The van der Waals surface area contributed by atoms with Crippen molar-refractivity contribution in [3.8, 4) is 6.07 Å². The van der Waals surface area contributed by atoms with Gasteiger partial charge in [0.2, 0.25) is 5.91 Å². The minimum Gasteiger partial charge on any atom is -0.393 e. The summed E-state index contributed by atoms with van der Waals surface area (Å²) < 4.78 is 0. The van der Waals surface area contributed by atoms with Gasteiger partial charge in [0.05, 0.1) is 22.8 Å². The fourth-order valence-electron chi connectivity index (χ4n) is 5.14. The van der Waals surface area contributed by atoms with E-state index in [-0.39, 0.29) is 23.5 Å². The number of piperidine rings is 1. The van der Waals surface area contributed by atoms with Crippen LogP contribution in [0.3, 0.4) is 0 Å². The van der Waals surface area contributed by atoms with Crippen molar-refractivity contribution in [3.63, 3.8) is 0 Å². The molecule has 1 aromatic rings. The number of likely N-dealkylation sites (tertiary alicyclic amines) is 1. The summed E-state index contributed by atoms with van der Waals surface area (Å²) in [5, 5.41) is 19.8. The maximum Gasteiger partial charge on any atom is 0.230 e. The molecule has 4 rings (SSSR count). The molecule has 5 nitrogen and oxygen atoms in total. The fourth-order valence-corrected chi connectivity index (χ4v) is 5.31. The molecule has 1 spiro atoms. The smallest absolute Gasteiger partial charge is 0.230 e. The summed E-state index contributed by atoms with van der Waals surface area (Å²) in [5.74, 6) is 0.272. The highest BCUT2D eigenvalue weighted by Gasteiger charge is 2.50. The van der Waals surface area contributed by atoms with Crippen LogP contribution < -0.4 is 4.90 Å². The molecule has 1 amide bonds. The van der Waals surface area contributed by atoms with Crippen LogP contribution in [0.4, 0.5) is 5.69 Å². The zero-order valence-corrected chi connectivity index (χ0v) is 16.3. The average molecular weight is 388 g/mol. The van der Waals surface area contributed by atoms with Gasteiger partial charge < -0.3 is 14.9 Å². The standard InChI is InChI=1S/C21H26ClN3O2/c22-16-3-2-15(13-23)19(12-16)24-10-1-8-21(14-24)9-11-25(20(21)27)17-4-6-18(26)7-5-17/h2-3,12,17-18,26H,1,4-11,14H2/t17?,18?,21-/m1/s1. The molecule has 1 saturated carbocycles. The Morgan fingerprint density at radius 2 is 1.96 bits per heavy atom. The lowest BCUT2D eigenvalue weighted by Crippen LogP contribution is -2.50. The summed E-state index contributed by atoms with van der Waals surface area (Å²) in [6, 6.07) is 7.87. The summed E-state index contributed by atoms with van der Waals surface area (Å²) in [5.41, 5.74) is 1.11. The molecule has 2 saturated heterocycles. The molecule has 0 aromatic heterocycles. The lowest BCUT2D eigenvalue weighted by Gasteiger charge is -2.41. The SMILES string of the molecule is N#Cc1ccc(Cl)cc1N1CCC[C@@]2(CCN(C3CCC(O)CC3)C2=O)C1. The number of hydrogen-bond acceptors (Lipinski definition) is 4. The highest BCUT2D eigenvalue weighted by Crippen LogP contribution is 2.44. The minimum absolute atomic E-state index is 0.203. The Bertz CT molecular complexity index is 769. The van der Waals surface area contributed by atoms with Gasteiger partial charge in [-0.05, 0) is 63.1 Å². The Labute approximate surface area is 165 Å². The van der Waals surface area contributed by atoms with Gasteiger partial charge >= 0.3 is 0 Å². The largest absolute Gasteiger partial charge is 0.393 e. The molecule has 1 atom stereocenters. The van der Waals surface area contributed by atoms with Crippen LogP contribution in [0.2, 0.25) is 5.02 Å². The predicted octanol–water partition coefficient (Wildman–Crippen LogP) is 3.33. The van der Waals surface area contributed by atoms with E-state index in [1.807, 2.05) is 6.07 Å². The minimum atomic E-state index is -0.344. The second-order valence-corrected chi connectivity index (χ2v) is 8.73. The van der Waals surface area contributed by atoms with E-state index in [2.05, 4.69) is 15.9 Å². The molecule has 27 heavy (non-hydrogen) atoms. The molecule has 1 aliphatic carbocycles. The number of halogens is 1. The quantitative estimate of drug-likeness (QED) is 0.845. The molecule has 0 radical (unpaired) electrons. The Hall–Kier alpha value is -1.77. The number of carbonyl (C=O) groups is 1. The van der Waals surface area contributed by atoms with Crippen LogP contribution in [-0.4, -0.2) is 47.7 Å². The number of carbonyl (C=O) groups excluding carboxylic acids is 1. The van der Waals surface area contributed by atoms with Gasteiger partial charge in [-0.1, -0.05) is 11.6 Å². The topological polar surface area (TPSA) is 67.6 Å². The lowest BCUT2D eigenvalue weighted by molar-refractivity contribution is -0.139. The number of nitriles is 1. The molecule has 0 unspecified atom stereocenters. The van der Waals surface area contributed by atoms with Crippen LogP contribution in [-0.2, 0) is 4.79 Å². The zero-order chi connectivity index (χ0) is 19.0. The van der Waals surface area contributed by atoms with Crippen molar-refractivity contribution in [3.05, 3.63) is 28.8 Å². The van der Waals surface area contributed by atoms with Gasteiger partial charge in [-0.15, -0.1) is 0 Å². The van der Waals surface area contributed by atoms with E-state index < -0.39 is 0 Å². The predicted molar refractivity (Wildman–Crippen MR) is 105 cm³/mol. The zero-order valence-electron chi connectivity index (χ0n) is 15.5. The van der Waals surface area contributed by atoms with E-state index in [1.54, 1.807) is 12.1 Å². The van der Waals surface area contributed by atoms with Crippen LogP contribution in [0, 0.1) is 16.7 Å². The number of nitrogens with zero attached hydrogens (tertiary/aromatic N) is 3. The number of benzene rings is 1. The molecule has 1 aromatic carbocycles. The van der Waals surface area contributed by atoms with Gasteiger partial charge in [-0.3, -0.25) is 4.79 Å². The Balaban J connectivity index is 1.54. The molecule has 3 aliphatic rings. The summed E-state index contributed by atoms with van der Waals surface area (Å²) in [6.07, 6.45) is 5.92. The molecule has 0 bridgehead atoms. The van der Waals surface area contributed by atoms with E-state index in [0.29, 0.717) is 17.1 Å². The van der Waals surface area contributed by atoms with Crippen LogP contribution in [0.5, 0.6) is 0 Å². The van der Waals surface area contributed by atoms with Crippen LogP contribution in [0.1, 0.15) is 50.5 Å². The summed E-state index contributed by atoms with van der Waals surface area (Å²) >= 11 is 6.18. The summed E-state index contributed by atoms with van der Waals surface area (Å²) in [7, 11) is 0. The van der Waals surface area contributed by atoms with Crippen molar-refractivity contribution < 1.29 is 9.90 Å². The van der Waals surface area contributed by atoms with E-state index in [4.69, 9.17) is 11.6 Å². The van der Waals surface area contributed by atoms with E-state index in [1.165, 1.54) is 0 Å². The van der Waals surface area contributed by atoms with Gasteiger partial charge in [-0.2, -0.15) is 5.26 Å². The highest BCUT2D eigenvalue weighted by atomic mass is 35.5. The fraction of sp³-hybridized carbons (Fsp3) is 0.619. The Kier molecular flexibility index (Phi) is 5.05. The maximum absolute atomic E-state index is 13.4. The van der Waals surface area contributed by atoms with E-state index in [0.717, 1.165) is 63.7 Å². The molecular weight excluding hydrogens is 362 g/mol. The first-order valence-corrected chi connectivity index (χ1v) is 10.3. The van der Waals surface area contributed by atoms with Crippen molar-refractivity contribution in [2.45, 2.75) is 57.1 Å². The second-order valence-electron chi connectivity index (χ2n) is 8.29. The van der Waals surface area contributed by atoms with Gasteiger partial charge in [0.25, 0.3) is 0 Å². The molecule has 3 fully saturated rings.